The first-order valence-electron chi connectivity index (χ1n) is 9.59. The zero-order valence-corrected chi connectivity index (χ0v) is 17.6. The number of amides is 1. The molecular formula is C20H24N2O10. The largest absolute Gasteiger partial charge is 0.456 e. The van der Waals surface area contributed by atoms with E-state index in [1.165, 1.54) is 19.1 Å². The van der Waals surface area contributed by atoms with Crippen molar-refractivity contribution in [2.75, 3.05) is 13.2 Å². The number of aryl methyl sites for hydroxylation is 1. The highest BCUT2D eigenvalue weighted by atomic mass is 16.9. The zero-order chi connectivity index (χ0) is 23.7. The third kappa shape index (κ3) is 7.80. The first-order chi connectivity index (χ1) is 15.2. The first kappa shape index (κ1) is 24.5. The van der Waals surface area contributed by atoms with Crippen LogP contribution in [-0.4, -0.2) is 47.6 Å². The number of rotatable bonds is 11. The summed E-state index contributed by atoms with van der Waals surface area (Å²) in [4.78, 5) is 38.8. The highest BCUT2D eigenvalue weighted by Gasteiger charge is 2.29. The van der Waals surface area contributed by atoms with E-state index in [9.17, 15) is 24.8 Å². The Morgan fingerprint density at radius 3 is 2.53 bits per heavy atom. The Morgan fingerprint density at radius 2 is 1.97 bits per heavy atom. The van der Waals surface area contributed by atoms with Crippen molar-refractivity contribution in [1.82, 2.24) is 5.32 Å². The fourth-order valence-corrected chi connectivity index (χ4v) is 2.59. The molecule has 1 heterocycles. The number of nitrogens with zero attached hydrogens (tertiary/aromatic N) is 1. The average Bonchev–Trinajstić information content (AvgIpc) is 3.05. The van der Waals surface area contributed by atoms with Crippen molar-refractivity contribution in [3.05, 3.63) is 64.0 Å². The Morgan fingerprint density at radius 1 is 1.28 bits per heavy atom. The predicted octanol–water partition coefficient (Wildman–Crippen LogP) is 1.96. The lowest BCUT2D eigenvalue weighted by Gasteiger charge is -2.19. The summed E-state index contributed by atoms with van der Waals surface area (Å²) in [5.41, 5.74) is 0.862. The maximum Gasteiger partial charge on any atom is 0.413 e. The second-order valence-electron chi connectivity index (χ2n) is 6.72. The zero-order valence-electron chi connectivity index (χ0n) is 17.6. The van der Waals surface area contributed by atoms with Crippen molar-refractivity contribution in [3.8, 4) is 5.75 Å². The van der Waals surface area contributed by atoms with E-state index in [0.717, 1.165) is 5.56 Å². The molecule has 2 N–H and O–H groups in total. The van der Waals surface area contributed by atoms with Gasteiger partial charge < -0.3 is 34.2 Å². The maximum atomic E-state index is 12.3. The lowest BCUT2D eigenvalue weighted by atomic mass is 10.1. The van der Waals surface area contributed by atoms with E-state index in [-0.39, 0.29) is 30.7 Å². The molecule has 0 saturated heterocycles. The Balaban J connectivity index is 1.83. The molecule has 0 saturated carbocycles. The van der Waals surface area contributed by atoms with E-state index >= 15 is 0 Å². The molecule has 2 rings (SSSR count). The van der Waals surface area contributed by atoms with Crippen LogP contribution in [0.25, 0.3) is 0 Å². The van der Waals surface area contributed by atoms with Crippen LogP contribution >= 0.6 is 0 Å². The minimum atomic E-state index is -1.38. The normalized spacial score (nSPS) is 14.7. The van der Waals surface area contributed by atoms with Crippen LogP contribution in [0.4, 0.5) is 4.79 Å². The predicted molar refractivity (Wildman–Crippen MR) is 107 cm³/mol. The van der Waals surface area contributed by atoms with Gasteiger partial charge in [-0.3, -0.25) is 0 Å². The average molecular weight is 452 g/mol. The summed E-state index contributed by atoms with van der Waals surface area (Å²) < 4.78 is 20.4. The van der Waals surface area contributed by atoms with Crippen molar-refractivity contribution in [2.24, 2.45) is 0 Å². The number of benzene rings is 1. The number of carbonyl (C=O) groups excluding carboxylic acids is 2. The van der Waals surface area contributed by atoms with Gasteiger partial charge in [-0.15, -0.1) is 10.1 Å². The van der Waals surface area contributed by atoms with Gasteiger partial charge in [0.25, 0.3) is 11.0 Å². The summed E-state index contributed by atoms with van der Waals surface area (Å²) >= 11 is 0. The van der Waals surface area contributed by atoms with Crippen molar-refractivity contribution in [2.45, 2.75) is 38.8 Å². The molecule has 1 aliphatic rings. The molecule has 0 spiro atoms. The quantitative estimate of drug-likeness (QED) is 0.220. The standard InChI is InChI=1S/C20H24N2O10/c1-12(23)18(19(24)28-11-17-13(2)30-14(3)31-17)21-20(25)32-16-8-6-15(7-9-16)5-4-10-29-22(26)27/h6-9,12,18,23H,3-5,10-11H2,1-2H3,(H,21,25). The molecule has 0 bridgehead atoms. The van der Waals surface area contributed by atoms with Gasteiger partial charge >= 0.3 is 12.1 Å². The van der Waals surface area contributed by atoms with Crippen LogP contribution in [0, 0.1) is 10.1 Å². The lowest BCUT2D eigenvalue weighted by Crippen LogP contribution is -2.49. The molecule has 12 nitrogen and oxygen atoms in total. The van der Waals surface area contributed by atoms with Gasteiger partial charge in [0.1, 0.15) is 11.5 Å². The summed E-state index contributed by atoms with van der Waals surface area (Å²) in [6.07, 6.45) is -1.25. The monoisotopic (exact) mass is 452 g/mol. The van der Waals surface area contributed by atoms with Gasteiger partial charge in [0.05, 0.1) is 12.7 Å². The summed E-state index contributed by atoms with van der Waals surface area (Å²) in [6.45, 7) is 6.12. The molecule has 2 atom stereocenters. The topological polar surface area (TPSA) is 156 Å². The number of aliphatic hydroxyl groups is 1. The van der Waals surface area contributed by atoms with Gasteiger partial charge in [-0.25, -0.2) is 9.59 Å². The smallest absolute Gasteiger partial charge is 0.413 e. The summed E-state index contributed by atoms with van der Waals surface area (Å²) in [7, 11) is 0. The van der Waals surface area contributed by atoms with Crippen LogP contribution in [0.5, 0.6) is 5.75 Å². The molecule has 0 aliphatic carbocycles. The molecule has 1 aromatic carbocycles. The van der Waals surface area contributed by atoms with Crippen LogP contribution in [0.15, 0.2) is 48.3 Å². The van der Waals surface area contributed by atoms with E-state index in [0.29, 0.717) is 18.6 Å². The fraction of sp³-hybridized carbons (Fsp3) is 0.400. The van der Waals surface area contributed by atoms with E-state index in [4.69, 9.17) is 18.9 Å². The van der Waals surface area contributed by atoms with Crippen molar-refractivity contribution < 1.29 is 43.6 Å². The number of hydrogen-bond acceptors (Lipinski definition) is 10. The van der Waals surface area contributed by atoms with Crippen molar-refractivity contribution in [1.29, 1.82) is 0 Å². The third-order valence-corrected chi connectivity index (χ3v) is 4.19. The SMILES string of the molecule is C=C1OC(C)=C(COC(=O)C(NC(=O)Oc2ccc(CCCO[N+](=O)[O-])cc2)C(C)O)O1. The van der Waals surface area contributed by atoms with Crippen LogP contribution in [-0.2, 0) is 30.3 Å². The van der Waals surface area contributed by atoms with Crippen LogP contribution in [0.2, 0.25) is 0 Å². The van der Waals surface area contributed by atoms with Gasteiger partial charge in [-0.1, -0.05) is 12.1 Å². The third-order valence-electron chi connectivity index (χ3n) is 4.19. The minimum absolute atomic E-state index is 0.0186. The molecular weight excluding hydrogens is 428 g/mol. The minimum Gasteiger partial charge on any atom is -0.456 e. The van der Waals surface area contributed by atoms with Crippen LogP contribution in [0.3, 0.4) is 0 Å². The van der Waals surface area contributed by atoms with Gasteiger partial charge in [0, 0.05) is 0 Å². The number of hydrogen-bond donors (Lipinski definition) is 2. The lowest BCUT2D eigenvalue weighted by molar-refractivity contribution is -0.757. The molecule has 0 fully saturated rings. The number of ether oxygens (including phenoxy) is 4. The van der Waals surface area contributed by atoms with Gasteiger partial charge in [-0.2, -0.15) is 0 Å². The van der Waals surface area contributed by atoms with Crippen LogP contribution < -0.4 is 10.1 Å². The molecule has 1 aromatic rings. The van der Waals surface area contributed by atoms with E-state index in [1.807, 2.05) is 0 Å². The number of aliphatic hydroxyl groups excluding tert-OH is 1. The Labute approximate surface area is 183 Å². The Kier molecular flexibility index (Phi) is 8.83. The van der Waals surface area contributed by atoms with E-state index in [1.54, 1.807) is 19.1 Å². The Hall–Kier alpha value is -3.80. The van der Waals surface area contributed by atoms with E-state index < -0.39 is 29.3 Å². The molecule has 12 heteroatoms. The number of carbonyl (C=O) groups is 2. The fourth-order valence-electron chi connectivity index (χ4n) is 2.59. The summed E-state index contributed by atoms with van der Waals surface area (Å²) in [6, 6.07) is 5.04. The molecule has 32 heavy (non-hydrogen) atoms. The highest BCUT2D eigenvalue weighted by Crippen LogP contribution is 2.23. The maximum absolute atomic E-state index is 12.3. The van der Waals surface area contributed by atoms with E-state index in [2.05, 4.69) is 16.7 Å². The van der Waals surface area contributed by atoms with Gasteiger partial charge in [0.15, 0.2) is 18.4 Å². The molecule has 1 amide bonds. The molecule has 0 aromatic heterocycles. The van der Waals surface area contributed by atoms with Gasteiger partial charge in [-0.05, 0) is 51.0 Å². The number of nitrogens with one attached hydrogen (secondary N) is 1. The first-order valence-corrected chi connectivity index (χ1v) is 9.59. The number of esters is 1. The number of allylic oxidation sites excluding steroid dienone is 1. The van der Waals surface area contributed by atoms with Gasteiger partial charge in [0.2, 0.25) is 0 Å². The molecule has 2 unspecified atom stereocenters. The van der Waals surface area contributed by atoms with Crippen molar-refractivity contribution >= 4 is 12.1 Å². The summed E-state index contributed by atoms with van der Waals surface area (Å²) in [5, 5.41) is 21.4. The highest BCUT2D eigenvalue weighted by molar-refractivity contribution is 5.82. The van der Waals surface area contributed by atoms with Crippen molar-refractivity contribution in [3.63, 3.8) is 0 Å². The summed E-state index contributed by atoms with van der Waals surface area (Å²) in [5.74, 6) is -0.0111. The van der Waals surface area contributed by atoms with Crippen LogP contribution in [0.1, 0.15) is 25.8 Å². The molecule has 174 valence electrons. The second kappa shape index (κ2) is 11.6. The Bertz CT molecular complexity index is 879. The second-order valence-corrected chi connectivity index (χ2v) is 6.72. The molecule has 0 radical (unpaired) electrons. The molecule has 1 aliphatic heterocycles.